The van der Waals surface area contributed by atoms with Gasteiger partial charge in [0.25, 0.3) is 0 Å². The number of carboxylic acid groups (broad SMARTS) is 6. The minimum absolute atomic E-state index is 0.000278. The Kier molecular flexibility index (Phi) is 99.0. The molecule has 0 saturated heterocycles. The molecule has 48 heteroatoms. The molecule has 0 aliphatic rings. The van der Waals surface area contributed by atoms with Gasteiger partial charge in [0.05, 0.1) is 244 Å². The van der Waals surface area contributed by atoms with Crippen LogP contribution in [0, 0.1) is 10.8 Å². The molecule has 0 radical (unpaired) electrons. The Morgan fingerprint density at radius 1 is 0.266 bits per heavy atom. The first-order valence-electron chi connectivity index (χ1n) is 48.7. The topological polar surface area (TPSA) is 663 Å². The number of rotatable bonds is 75. The van der Waals surface area contributed by atoms with Crippen LogP contribution in [0.1, 0.15) is 253 Å². The number of likely N-dealkylation sites (N-methyl/N-ethyl adjacent to an activating group) is 6. The molecule has 44 nitrogen and oxygen atoms in total. The molecule has 0 unspecified atom stereocenters. The van der Waals surface area contributed by atoms with Gasteiger partial charge in [-0.25, -0.2) is 53.0 Å². The van der Waals surface area contributed by atoms with Gasteiger partial charge in [0, 0.05) is 54.7 Å². The van der Waals surface area contributed by atoms with Crippen LogP contribution in [-0.4, -0.2) is 469 Å². The molecule has 0 aliphatic carbocycles. The predicted molar refractivity (Wildman–Crippen MR) is 521 cm³/mol. The minimum Gasteiger partial charge on any atom is -0.748 e. The van der Waals surface area contributed by atoms with Crippen LogP contribution in [0.15, 0.2) is 0 Å². The number of nitrogens with zero attached hydrogens (tertiary/aromatic N) is 8. The number of aliphatic hydroxyl groups is 8. The summed E-state index contributed by atoms with van der Waals surface area (Å²) in [6, 6.07) is 0. The molecule has 0 rings (SSSR count). The van der Waals surface area contributed by atoms with Crippen molar-refractivity contribution in [1.82, 2.24) is 0 Å². The number of carbonyl (C=O) groups is 6. The zero-order valence-corrected chi connectivity index (χ0v) is 92.7. The SMILES string of the molecule is CC(CO)(CO)C(=O)O.CCC(CO)(CO)C(=O)O.CCCCCCCCCO[N+](C)(C)CC(=O)[O-].CCCCCCCCCO[N+](C)(C)CC(=O)[O-].CCCCCCCCCO[N+](C)(C)CCCCS(=O)(=O)[O-].CCCCCO[N+](C)(C)CCCCS(=O)(=O)[O-].C[N+](C)(CCO)CC(=O)[O-].C[N+](C)(CCO)CCC(=O)[O-].C[N+](C)(CCO)CCCCS(=O)(=O)[O-].C[N+](C)(CCO)CCCS(=O)(=O)[O-]. The van der Waals surface area contributed by atoms with Crippen molar-refractivity contribution in [2.45, 2.75) is 253 Å². The Morgan fingerprint density at radius 3 is 0.712 bits per heavy atom. The number of quaternary nitrogens is 8. The summed E-state index contributed by atoms with van der Waals surface area (Å²) >= 11 is 0. The fourth-order valence-electron chi connectivity index (χ4n) is 11.6. The molecule has 0 bridgehead atoms. The average Bonchev–Trinajstić information content (AvgIpc) is 0.872. The lowest BCUT2D eigenvalue weighted by molar-refractivity contribution is -1.08. The van der Waals surface area contributed by atoms with Crippen LogP contribution in [0.3, 0.4) is 0 Å². The first-order valence-corrected chi connectivity index (χ1v) is 55.0. The van der Waals surface area contributed by atoms with Crippen molar-refractivity contribution < 1.29 is 208 Å². The van der Waals surface area contributed by atoms with E-state index in [1.54, 1.807) is 49.2 Å². The minimum atomic E-state index is -4.08. The van der Waals surface area contributed by atoms with Crippen molar-refractivity contribution >= 4 is 76.3 Å². The molecule has 0 aromatic rings. The van der Waals surface area contributed by atoms with E-state index in [0.29, 0.717) is 120 Å². The van der Waals surface area contributed by atoms with E-state index in [9.17, 15) is 101 Å². The summed E-state index contributed by atoms with van der Waals surface area (Å²) < 4.78 is 127. The molecule has 0 saturated carbocycles. The Morgan fingerprint density at radius 2 is 0.496 bits per heavy atom. The highest BCUT2D eigenvalue weighted by Crippen LogP contribution is 2.21. The predicted octanol–water partition coefficient (Wildman–Crippen LogP) is 0.455. The average molecular weight is 2110 g/mol. The van der Waals surface area contributed by atoms with E-state index in [1.807, 2.05) is 70.5 Å². The summed E-state index contributed by atoms with van der Waals surface area (Å²) in [6.45, 7) is 17.8. The van der Waals surface area contributed by atoms with Gasteiger partial charge in [-0.05, 0) is 64.7 Å². The van der Waals surface area contributed by atoms with Gasteiger partial charge in [0.2, 0.25) is 0 Å². The van der Waals surface area contributed by atoms with Crippen molar-refractivity contribution in [1.29, 1.82) is 0 Å². The van der Waals surface area contributed by atoms with E-state index in [2.05, 4.69) is 27.7 Å². The summed E-state index contributed by atoms with van der Waals surface area (Å²) in [5.41, 5.74) is -2.74. The van der Waals surface area contributed by atoms with E-state index in [4.69, 9.17) is 70.4 Å². The molecule has 0 atom stereocenters. The molecule has 0 aromatic carbocycles. The summed E-state index contributed by atoms with van der Waals surface area (Å²) in [7, 11) is 13.4. The number of aliphatic carboxylic acids is 6. The van der Waals surface area contributed by atoms with E-state index in [0.717, 1.165) is 84.2 Å². The first-order chi connectivity index (χ1) is 63.7. The lowest BCUT2D eigenvalue weighted by atomic mass is 9.87. The second-order valence-corrected chi connectivity index (χ2v) is 45.6. The summed E-state index contributed by atoms with van der Waals surface area (Å²) in [6.07, 6.45) is 33.4. The molecule has 139 heavy (non-hydrogen) atoms. The third-order valence-corrected chi connectivity index (χ3v) is 24.4. The van der Waals surface area contributed by atoms with Gasteiger partial charge in [-0.1, -0.05) is 163 Å². The summed E-state index contributed by atoms with van der Waals surface area (Å²) in [4.78, 5) is 84.0. The van der Waals surface area contributed by atoms with E-state index in [1.165, 1.54) is 110 Å². The van der Waals surface area contributed by atoms with Crippen molar-refractivity contribution in [3.63, 3.8) is 0 Å². The first kappa shape index (κ1) is 155. The highest BCUT2D eigenvalue weighted by Gasteiger charge is 2.35. The number of hydrogen-bond acceptors (Lipinski definition) is 34. The monoisotopic (exact) mass is 2110 g/mol. The highest BCUT2D eigenvalue weighted by molar-refractivity contribution is 7.86. The molecule has 0 aliphatic heterocycles. The van der Waals surface area contributed by atoms with Crippen molar-refractivity contribution in [3.8, 4) is 0 Å². The standard InChI is InChI=1S/C15H33NO4S.2C13H27NO3.C11H25NO4S.C8H19NO4S.C7H17NO4S.C7H15NO3.C6H13NO3.C6H12O4.C5H10O4/c1-4-5-6-7-8-9-11-14-20-16(2,3)13-10-12-15-21(17,18)19;2*1-4-5-6-7-8-9-10-11-17-14(2,3)12-13(15)16;1-4-5-7-10-16-12(2,3)9-6-8-11-17(13,14)15;1-9(2,6-7-10)5-3-4-8-14(11,12)13;1-8(2,5-6-9)4-3-7-13(10,11)12;1-8(2,5-6-9)4-3-7(10)11;1-7(2,3-4-8)5-6(9)10;1-2-6(3-7,4-8)5(9)10;1-5(2-6,3-7)4(8)9/h4-15H2,1-3H3;2*4-12H2,1-3H3;4-11H2,1-3H3;10H,3-8H2,1-2H3;9H,3-7H2,1-2H3;9H,3-6H2,1-2H3;8H,3-5H2,1-2H3;7-8H,2-4H2,1H3,(H,9,10);6-7H,2-3H2,1H3,(H,8,9). The van der Waals surface area contributed by atoms with Crippen molar-refractivity contribution in [2.24, 2.45) is 10.8 Å². The van der Waals surface area contributed by atoms with Gasteiger partial charge < -0.3 is 127 Å². The maximum atomic E-state index is 10.5. The van der Waals surface area contributed by atoms with Crippen molar-refractivity contribution in [2.75, 3.05) is 294 Å². The molecule has 0 amide bonds. The van der Waals surface area contributed by atoms with Gasteiger partial charge in [-0.15, -0.1) is 0 Å². The van der Waals surface area contributed by atoms with Gasteiger partial charge in [-0.2, -0.15) is 18.6 Å². The number of hydrogen-bond donors (Lipinski definition) is 10. The molecule has 0 aromatic heterocycles. The zero-order chi connectivity index (χ0) is 110. The van der Waals surface area contributed by atoms with Gasteiger partial charge in [-0.3, -0.25) is 9.59 Å². The number of hydroxylamine groups is 12. The van der Waals surface area contributed by atoms with E-state index < -0.39 is 114 Å². The number of aliphatic hydroxyl groups excluding tert-OH is 8. The van der Waals surface area contributed by atoms with Crippen LogP contribution >= 0.6 is 0 Å². The number of carboxylic acids is 6. The van der Waals surface area contributed by atoms with Crippen LogP contribution in [-0.2, 0) is 88.6 Å². The van der Waals surface area contributed by atoms with Crippen molar-refractivity contribution in [3.05, 3.63) is 0 Å². The van der Waals surface area contributed by atoms with Gasteiger partial charge in [0.1, 0.15) is 96.2 Å². The maximum Gasteiger partial charge on any atom is 0.314 e. The third-order valence-electron chi connectivity index (χ3n) is 21.3. The van der Waals surface area contributed by atoms with Crippen LogP contribution < -0.4 is 20.4 Å². The molecular formula is C91H198N8O36S4. The number of unbranched alkanes of at least 4 members (excludes halogenated alkanes) is 23. The second-order valence-electron chi connectivity index (χ2n) is 39.5. The van der Waals surface area contributed by atoms with Crippen LogP contribution in [0.5, 0.6) is 0 Å². The summed E-state index contributed by atoms with van der Waals surface area (Å²) in [5.74, 6) is -7.76. The van der Waals surface area contributed by atoms with Crippen LogP contribution in [0.4, 0.5) is 0 Å². The quantitative estimate of drug-likeness (QED) is 0.0171. The smallest absolute Gasteiger partial charge is 0.314 e. The number of carbonyl (C=O) groups excluding carboxylic acids is 4. The third kappa shape index (κ3) is 128. The second kappa shape index (κ2) is 88.9. The van der Waals surface area contributed by atoms with Gasteiger partial charge in [0.15, 0.2) is 0 Å². The zero-order valence-electron chi connectivity index (χ0n) is 89.4. The molecule has 842 valence electrons. The Balaban J connectivity index is -0.000000168. The highest BCUT2D eigenvalue weighted by atomic mass is 32.2. The summed E-state index contributed by atoms with van der Waals surface area (Å²) in [5, 5.41) is 126. The lowest BCUT2D eigenvalue weighted by Gasteiger charge is -2.29. The molecular weight excluding hydrogens is 1910 g/mol. The lowest BCUT2D eigenvalue weighted by Crippen LogP contribution is -2.49. The molecule has 10 N–H and O–H groups in total. The van der Waals surface area contributed by atoms with Gasteiger partial charge >= 0.3 is 11.9 Å². The Bertz CT molecular complexity index is 3400. The van der Waals surface area contributed by atoms with E-state index >= 15 is 0 Å². The maximum absolute atomic E-state index is 10.5. The fraction of sp³-hybridized carbons (Fsp3) is 0.934. The Labute approximate surface area is 837 Å². The van der Waals surface area contributed by atoms with Crippen LogP contribution in [0.25, 0.3) is 0 Å². The molecule has 0 heterocycles. The molecule has 0 fully saturated rings. The van der Waals surface area contributed by atoms with E-state index in [-0.39, 0.29) is 95.7 Å². The molecule has 0 spiro atoms. The fourth-order valence-corrected chi connectivity index (χ4v) is 13.8. The van der Waals surface area contributed by atoms with Crippen LogP contribution in [0.2, 0.25) is 0 Å². The Hall–Kier alpha value is -4.34. The normalized spacial score (nSPS) is 12.2. The largest absolute Gasteiger partial charge is 0.748 e.